The molecule has 9 heteroatoms. The lowest BCUT2D eigenvalue weighted by atomic mass is 10.1. The third-order valence-corrected chi connectivity index (χ3v) is 4.15. The van der Waals surface area contributed by atoms with Crippen LogP contribution < -0.4 is 10.6 Å². The zero-order chi connectivity index (χ0) is 18.6. The summed E-state index contributed by atoms with van der Waals surface area (Å²) in [4.78, 5) is 0. The summed E-state index contributed by atoms with van der Waals surface area (Å²) in [6.07, 6.45) is -4.58. The summed E-state index contributed by atoms with van der Waals surface area (Å²) < 4.78 is 51.2. The maximum Gasteiger partial charge on any atom is 0.416 e. The van der Waals surface area contributed by atoms with Gasteiger partial charge in [0.15, 0.2) is 5.11 Å². The number of hydrogen-bond donors (Lipinski definition) is 2. The van der Waals surface area contributed by atoms with Crippen LogP contribution in [-0.4, -0.2) is 5.11 Å². The van der Waals surface area contributed by atoms with Crippen molar-refractivity contribution in [3.8, 4) is 0 Å². The molecule has 134 valence electrons. The molecule has 0 heterocycles. The Labute approximate surface area is 157 Å². The molecule has 0 unspecified atom stereocenters. The molecule has 2 N–H and O–H groups in total. The molecule has 0 saturated carbocycles. The van der Waals surface area contributed by atoms with Gasteiger partial charge in [-0.05, 0) is 42.0 Å². The smallest absolute Gasteiger partial charge is 0.359 e. The quantitative estimate of drug-likeness (QED) is 0.527. The molecular formula is C16H12Cl2F4N2S. The van der Waals surface area contributed by atoms with Gasteiger partial charge in [-0.15, -0.1) is 0 Å². The van der Waals surface area contributed by atoms with Crippen LogP contribution in [-0.2, 0) is 19.3 Å². The summed E-state index contributed by atoms with van der Waals surface area (Å²) in [5.41, 5.74) is -0.204. The van der Waals surface area contributed by atoms with Crippen LogP contribution in [0.4, 0.5) is 17.6 Å². The third-order valence-electron chi connectivity index (χ3n) is 3.27. The van der Waals surface area contributed by atoms with Gasteiger partial charge in [-0.2, -0.15) is 13.2 Å². The van der Waals surface area contributed by atoms with E-state index in [0.717, 1.165) is 17.7 Å². The minimum Gasteiger partial charge on any atom is -0.359 e. The Morgan fingerprint density at radius 1 is 0.960 bits per heavy atom. The molecule has 0 aliphatic carbocycles. The maximum atomic E-state index is 13.7. The summed E-state index contributed by atoms with van der Waals surface area (Å²) >= 11 is 16.9. The Kier molecular flexibility index (Phi) is 6.48. The Morgan fingerprint density at radius 3 is 2.12 bits per heavy atom. The average Bonchev–Trinajstić information content (AvgIpc) is 2.52. The van der Waals surface area contributed by atoms with Crippen LogP contribution in [0.2, 0.25) is 10.0 Å². The van der Waals surface area contributed by atoms with Gasteiger partial charge in [-0.3, -0.25) is 0 Å². The molecule has 2 aromatic rings. The summed E-state index contributed by atoms with van der Waals surface area (Å²) in [6, 6.07) is 7.36. The van der Waals surface area contributed by atoms with E-state index in [1.807, 2.05) is 0 Å². The van der Waals surface area contributed by atoms with Crippen LogP contribution in [0.15, 0.2) is 36.4 Å². The highest BCUT2D eigenvalue weighted by atomic mass is 35.5. The van der Waals surface area contributed by atoms with Crippen molar-refractivity contribution in [2.24, 2.45) is 0 Å². The first kappa shape index (κ1) is 19.8. The fourth-order valence-electron chi connectivity index (χ4n) is 1.95. The van der Waals surface area contributed by atoms with E-state index < -0.39 is 17.6 Å². The highest BCUT2D eigenvalue weighted by Gasteiger charge is 2.31. The number of rotatable bonds is 4. The molecule has 2 rings (SSSR count). The Bertz CT molecular complexity index is 781. The number of nitrogens with one attached hydrogen (secondary N) is 2. The zero-order valence-corrected chi connectivity index (χ0v) is 14.9. The largest absolute Gasteiger partial charge is 0.416 e. The molecule has 0 spiro atoms. The van der Waals surface area contributed by atoms with Crippen LogP contribution in [0.1, 0.15) is 16.7 Å². The van der Waals surface area contributed by atoms with Crippen molar-refractivity contribution in [3.05, 3.63) is 69.0 Å². The molecule has 2 nitrogen and oxygen atoms in total. The predicted molar refractivity (Wildman–Crippen MR) is 94.1 cm³/mol. The van der Waals surface area contributed by atoms with E-state index in [2.05, 4.69) is 10.6 Å². The minimum atomic E-state index is -4.58. The maximum absolute atomic E-state index is 13.7. The predicted octanol–water partition coefficient (Wildman–Crippen LogP) is 5.32. The molecular weight excluding hydrogens is 399 g/mol. The molecule has 0 aliphatic rings. The summed E-state index contributed by atoms with van der Waals surface area (Å²) in [5.74, 6) is -0.953. The van der Waals surface area contributed by atoms with Crippen LogP contribution in [0.5, 0.6) is 0 Å². The lowest BCUT2D eigenvalue weighted by Crippen LogP contribution is -2.34. The summed E-state index contributed by atoms with van der Waals surface area (Å²) in [5, 5.41) is 6.79. The van der Waals surface area contributed by atoms with Crippen LogP contribution >= 0.6 is 35.4 Å². The van der Waals surface area contributed by atoms with Crippen LogP contribution in [0.25, 0.3) is 0 Å². The van der Waals surface area contributed by atoms with Crippen molar-refractivity contribution in [1.29, 1.82) is 0 Å². The second-order valence-electron chi connectivity index (χ2n) is 5.08. The number of thiocarbonyl (C=S) groups is 1. The molecule has 0 aromatic heterocycles. The third kappa shape index (κ3) is 5.73. The van der Waals surface area contributed by atoms with E-state index in [0.29, 0.717) is 22.7 Å². The highest BCUT2D eigenvalue weighted by Crippen LogP contribution is 2.30. The van der Waals surface area contributed by atoms with Gasteiger partial charge in [-0.1, -0.05) is 35.3 Å². The molecule has 0 atom stereocenters. The molecule has 0 saturated heterocycles. The molecule has 0 bridgehead atoms. The molecule has 0 fully saturated rings. The first-order chi connectivity index (χ1) is 11.7. The topological polar surface area (TPSA) is 24.1 Å². The van der Waals surface area contributed by atoms with Gasteiger partial charge >= 0.3 is 6.18 Å². The van der Waals surface area contributed by atoms with Gasteiger partial charge in [0.05, 0.1) is 5.56 Å². The van der Waals surface area contributed by atoms with Gasteiger partial charge in [0.1, 0.15) is 5.82 Å². The second-order valence-corrected chi connectivity index (χ2v) is 6.33. The monoisotopic (exact) mass is 410 g/mol. The van der Waals surface area contributed by atoms with Crippen LogP contribution in [0, 0.1) is 5.82 Å². The van der Waals surface area contributed by atoms with Crippen molar-refractivity contribution >= 4 is 40.5 Å². The van der Waals surface area contributed by atoms with Gasteiger partial charge in [0.25, 0.3) is 0 Å². The van der Waals surface area contributed by atoms with Gasteiger partial charge in [0, 0.05) is 28.7 Å². The normalized spacial score (nSPS) is 11.3. The molecule has 25 heavy (non-hydrogen) atoms. The zero-order valence-electron chi connectivity index (χ0n) is 12.6. The first-order valence-corrected chi connectivity index (χ1v) is 8.14. The number of benzene rings is 2. The SMILES string of the molecule is Fc1cc(C(F)(F)F)ccc1CNC(=S)NCc1ccc(Cl)cc1Cl. The van der Waals surface area contributed by atoms with Crippen LogP contribution in [0.3, 0.4) is 0 Å². The van der Waals surface area contributed by atoms with E-state index in [4.69, 9.17) is 35.4 Å². The lowest BCUT2D eigenvalue weighted by molar-refractivity contribution is -0.137. The number of hydrogen-bond acceptors (Lipinski definition) is 1. The number of alkyl halides is 3. The summed E-state index contributed by atoms with van der Waals surface area (Å²) in [7, 11) is 0. The van der Waals surface area contributed by atoms with Gasteiger partial charge in [0.2, 0.25) is 0 Å². The highest BCUT2D eigenvalue weighted by molar-refractivity contribution is 7.80. The Hall–Kier alpha value is -1.57. The Morgan fingerprint density at radius 2 is 1.56 bits per heavy atom. The molecule has 2 aromatic carbocycles. The van der Waals surface area contributed by atoms with Crippen molar-refractivity contribution in [2.45, 2.75) is 19.3 Å². The van der Waals surface area contributed by atoms with E-state index in [9.17, 15) is 17.6 Å². The van der Waals surface area contributed by atoms with Crippen molar-refractivity contribution in [2.75, 3.05) is 0 Å². The minimum absolute atomic E-state index is 0.0514. The number of halogens is 6. The van der Waals surface area contributed by atoms with E-state index in [1.165, 1.54) is 0 Å². The van der Waals surface area contributed by atoms with Gasteiger partial charge < -0.3 is 10.6 Å². The fraction of sp³-hybridized carbons (Fsp3) is 0.188. The lowest BCUT2D eigenvalue weighted by Gasteiger charge is -2.13. The van der Waals surface area contributed by atoms with E-state index >= 15 is 0 Å². The first-order valence-electron chi connectivity index (χ1n) is 6.98. The van der Waals surface area contributed by atoms with E-state index in [1.54, 1.807) is 18.2 Å². The fourth-order valence-corrected chi connectivity index (χ4v) is 2.57. The molecule has 0 aliphatic heterocycles. The van der Waals surface area contributed by atoms with Crippen molar-refractivity contribution < 1.29 is 17.6 Å². The van der Waals surface area contributed by atoms with E-state index in [-0.39, 0.29) is 17.2 Å². The Balaban J connectivity index is 1.89. The summed E-state index contributed by atoms with van der Waals surface area (Å²) in [6.45, 7) is 0.265. The standard InChI is InChI=1S/C16H12Cl2F4N2S/c17-12-4-2-9(13(18)6-12)7-23-15(25)24-8-10-1-3-11(5-14(10)19)16(20,21)22/h1-6H,7-8H2,(H2,23,24,25). The second kappa shape index (κ2) is 8.21. The molecule has 0 radical (unpaired) electrons. The molecule has 0 amide bonds. The van der Waals surface area contributed by atoms with Crippen molar-refractivity contribution in [1.82, 2.24) is 10.6 Å². The van der Waals surface area contributed by atoms with Crippen molar-refractivity contribution in [3.63, 3.8) is 0 Å². The van der Waals surface area contributed by atoms with Gasteiger partial charge in [-0.25, -0.2) is 4.39 Å². The average molecular weight is 411 g/mol.